The van der Waals surface area contributed by atoms with Crippen molar-refractivity contribution in [3.05, 3.63) is 102 Å². The van der Waals surface area contributed by atoms with E-state index in [2.05, 4.69) is 26.5 Å². The number of hydrogen-bond acceptors (Lipinski definition) is 6. The molecule has 3 aromatic carbocycles. The lowest BCUT2D eigenvalue weighted by molar-refractivity contribution is -0.384. The molecule has 0 saturated heterocycles. The summed E-state index contributed by atoms with van der Waals surface area (Å²) < 4.78 is 12.0. The van der Waals surface area contributed by atoms with E-state index in [1.165, 1.54) is 37.6 Å². The molecular formula is C24H18BrCl2N3O5. The Morgan fingerprint density at radius 3 is 2.51 bits per heavy atom. The van der Waals surface area contributed by atoms with Crippen molar-refractivity contribution in [2.24, 2.45) is 5.10 Å². The molecule has 0 aliphatic heterocycles. The van der Waals surface area contributed by atoms with Crippen LogP contribution < -0.4 is 14.9 Å². The zero-order valence-corrected chi connectivity index (χ0v) is 21.3. The number of non-ortho nitro benzene ring substituents is 1. The van der Waals surface area contributed by atoms with Crippen LogP contribution in [0.5, 0.6) is 11.5 Å². The molecule has 0 aliphatic rings. The first kappa shape index (κ1) is 26.2. The highest BCUT2D eigenvalue weighted by Crippen LogP contribution is 2.37. The quantitative estimate of drug-likeness (QED) is 0.137. The third-order valence-electron chi connectivity index (χ3n) is 4.54. The summed E-state index contributed by atoms with van der Waals surface area (Å²) in [6.07, 6.45) is 4.25. The van der Waals surface area contributed by atoms with Crippen LogP contribution in [0.1, 0.15) is 16.7 Å². The lowest BCUT2D eigenvalue weighted by atomic mass is 10.2. The maximum Gasteiger partial charge on any atom is 0.269 e. The fourth-order valence-corrected chi connectivity index (χ4v) is 3.72. The van der Waals surface area contributed by atoms with Gasteiger partial charge in [-0.2, -0.15) is 5.10 Å². The van der Waals surface area contributed by atoms with Crippen molar-refractivity contribution in [2.45, 2.75) is 6.61 Å². The number of nitrogens with zero attached hydrogens (tertiary/aromatic N) is 2. The first-order valence-electron chi connectivity index (χ1n) is 9.96. The molecule has 35 heavy (non-hydrogen) atoms. The standard InChI is InChI=1S/C24H18BrCl2N3O5/c1-34-22-12-17(10-19(25)24(22)35-14-16-4-8-20(26)21(27)11-16)13-28-29-23(31)9-5-15-2-6-18(7-3-15)30(32)33/h2-13H,14H2,1H3,(H,29,31)/b9-5+,28-13-. The van der Waals surface area contributed by atoms with Gasteiger partial charge in [-0.1, -0.05) is 29.3 Å². The molecule has 0 fully saturated rings. The van der Waals surface area contributed by atoms with Crippen LogP contribution in [-0.4, -0.2) is 24.2 Å². The summed E-state index contributed by atoms with van der Waals surface area (Å²) in [5.74, 6) is 0.489. The summed E-state index contributed by atoms with van der Waals surface area (Å²) >= 11 is 15.5. The lowest BCUT2D eigenvalue weighted by Gasteiger charge is -2.14. The van der Waals surface area contributed by atoms with Crippen molar-refractivity contribution in [3.63, 3.8) is 0 Å². The topological polar surface area (TPSA) is 103 Å². The molecule has 0 unspecified atom stereocenters. The highest BCUT2D eigenvalue weighted by molar-refractivity contribution is 9.10. The average molecular weight is 579 g/mol. The van der Waals surface area contributed by atoms with Gasteiger partial charge in [0, 0.05) is 18.2 Å². The molecule has 180 valence electrons. The summed E-state index contributed by atoms with van der Waals surface area (Å²) in [7, 11) is 1.51. The molecule has 3 aromatic rings. The Labute approximate surface area is 219 Å². The molecule has 8 nitrogen and oxygen atoms in total. The van der Waals surface area contributed by atoms with Crippen LogP contribution in [0.4, 0.5) is 5.69 Å². The van der Waals surface area contributed by atoms with Crippen molar-refractivity contribution >= 4 is 63.0 Å². The Balaban J connectivity index is 1.61. The Kier molecular flexibility index (Phi) is 9.25. The normalized spacial score (nSPS) is 11.1. The van der Waals surface area contributed by atoms with Gasteiger partial charge in [0.1, 0.15) is 6.61 Å². The van der Waals surface area contributed by atoms with Gasteiger partial charge in [0.15, 0.2) is 11.5 Å². The van der Waals surface area contributed by atoms with E-state index in [0.29, 0.717) is 37.1 Å². The molecule has 0 aromatic heterocycles. The second-order valence-corrected chi connectivity index (χ2v) is 8.66. The number of hydrazone groups is 1. The van der Waals surface area contributed by atoms with Crippen LogP contribution in [0.2, 0.25) is 10.0 Å². The fourth-order valence-electron chi connectivity index (χ4n) is 2.83. The number of amides is 1. The fraction of sp³-hybridized carbons (Fsp3) is 0.0833. The van der Waals surface area contributed by atoms with Gasteiger partial charge in [-0.15, -0.1) is 0 Å². The van der Waals surface area contributed by atoms with E-state index < -0.39 is 10.8 Å². The van der Waals surface area contributed by atoms with E-state index >= 15 is 0 Å². The van der Waals surface area contributed by atoms with Gasteiger partial charge in [-0.3, -0.25) is 14.9 Å². The lowest BCUT2D eigenvalue weighted by Crippen LogP contribution is -2.14. The second kappa shape index (κ2) is 12.3. The van der Waals surface area contributed by atoms with Gasteiger partial charge >= 0.3 is 0 Å². The number of nitrogens with one attached hydrogen (secondary N) is 1. The molecule has 1 N–H and O–H groups in total. The monoisotopic (exact) mass is 577 g/mol. The van der Waals surface area contributed by atoms with Crippen molar-refractivity contribution in [1.82, 2.24) is 5.43 Å². The Morgan fingerprint density at radius 1 is 1.11 bits per heavy atom. The molecule has 0 radical (unpaired) electrons. The van der Waals surface area contributed by atoms with Crippen molar-refractivity contribution in [2.75, 3.05) is 7.11 Å². The summed E-state index contributed by atoms with van der Waals surface area (Å²) in [6.45, 7) is 0.246. The summed E-state index contributed by atoms with van der Waals surface area (Å²) in [6, 6.07) is 14.5. The number of nitro benzene ring substituents is 1. The molecule has 11 heteroatoms. The molecular weight excluding hydrogens is 561 g/mol. The largest absolute Gasteiger partial charge is 0.493 e. The first-order chi connectivity index (χ1) is 16.8. The number of carbonyl (C=O) groups is 1. The molecule has 0 aliphatic carbocycles. The van der Waals surface area contributed by atoms with Crippen LogP contribution in [0, 0.1) is 10.1 Å². The van der Waals surface area contributed by atoms with Crippen molar-refractivity contribution < 1.29 is 19.2 Å². The van der Waals surface area contributed by atoms with Gasteiger partial charge in [0.2, 0.25) is 0 Å². The van der Waals surface area contributed by atoms with Crippen molar-refractivity contribution in [1.29, 1.82) is 0 Å². The number of hydrogen-bond donors (Lipinski definition) is 1. The maximum atomic E-state index is 12.0. The van der Waals surface area contributed by atoms with Crippen LogP contribution in [0.3, 0.4) is 0 Å². The Bertz CT molecular complexity index is 1300. The average Bonchev–Trinajstić information content (AvgIpc) is 2.84. The minimum atomic E-state index is -0.489. The zero-order chi connectivity index (χ0) is 25.4. The number of carbonyl (C=O) groups excluding carboxylic acids is 1. The number of nitro groups is 1. The van der Waals surface area contributed by atoms with Gasteiger partial charge in [-0.05, 0) is 75.1 Å². The Morgan fingerprint density at radius 2 is 1.86 bits per heavy atom. The van der Waals surface area contributed by atoms with Crippen LogP contribution in [0.15, 0.2) is 70.2 Å². The van der Waals surface area contributed by atoms with Crippen LogP contribution in [0.25, 0.3) is 6.08 Å². The van der Waals surface area contributed by atoms with Crippen LogP contribution in [-0.2, 0) is 11.4 Å². The number of rotatable bonds is 9. The molecule has 1 amide bonds. The predicted molar refractivity (Wildman–Crippen MR) is 139 cm³/mol. The van der Waals surface area contributed by atoms with E-state index in [0.717, 1.165) is 5.56 Å². The smallest absolute Gasteiger partial charge is 0.269 e. The highest BCUT2D eigenvalue weighted by atomic mass is 79.9. The van der Waals surface area contributed by atoms with Gasteiger partial charge in [-0.25, -0.2) is 5.43 Å². The molecule has 0 spiro atoms. The third-order valence-corrected chi connectivity index (χ3v) is 5.87. The SMILES string of the molecule is COc1cc(/C=N\NC(=O)/C=C/c2ccc([N+](=O)[O-])cc2)cc(Br)c1OCc1ccc(Cl)c(Cl)c1. The minimum Gasteiger partial charge on any atom is -0.493 e. The summed E-state index contributed by atoms with van der Waals surface area (Å²) in [4.78, 5) is 22.2. The van der Waals surface area contributed by atoms with E-state index in [1.807, 2.05) is 6.07 Å². The number of benzene rings is 3. The predicted octanol–water partition coefficient (Wildman–Crippen LogP) is 6.42. The van der Waals surface area contributed by atoms with E-state index in [1.54, 1.807) is 36.4 Å². The van der Waals surface area contributed by atoms with Crippen molar-refractivity contribution in [3.8, 4) is 11.5 Å². The third kappa shape index (κ3) is 7.54. The molecule has 0 bridgehead atoms. The van der Waals surface area contributed by atoms with E-state index in [-0.39, 0.29) is 12.3 Å². The Hall–Kier alpha value is -3.40. The van der Waals surface area contributed by atoms with Gasteiger partial charge in [0.05, 0.1) is 32.8 Å². The zero-order valence-electron chi connectivity index (χ0n) is 18.2. The van der Waals surface area contributed by atoms with Gasteiger partial charge in [0.25, 0.3) is 11.6 Å². The molecule has 3 rings (SSSR count). The minimum absolute atomic E-state index is 0.0245. The van der Waals surface area contributed by atoms with E-state index in [4.69, 9.17) is 32.7 Å². The molecule has 0 saturated carbocycles. The highest BCUT2D eigenvalue weighted by Gasteiger charge is 2.12. The maximum absolute atomic E-state index is 12.0. The summed E-state index contributed by atoms with van der Waals surface area (Å²) in [5.41, 5.74) is 4.48. The van der Waals surface area contributed by atoms with Crippen LogP contribution >= 0.6 is 39.1 Å². The number of methoxy groups -OCH3 is 1. The molecule has 0 atom stereocenters. The summed E-state index contributed by atoms with van der Waals surface area (Å²) in [5, 5.41) is 15.5. The number of halogens is 3. The van der Waals surface area contributed by atoms with E-state index in [9.17, 15) is 14.9 Å². The van der Waals surface area contributed by atoms with Gasteiger partial charge < -0.3 is 9.47 Å². The molecule has 0 heterocycles. The second-order valence-electron chi connectivity index (χ2n) is 6.99. The first-order valence-corrected chi connectivity index (χ1v) is 11.5. The number of ether oxygens (including phenoxy) is 2.